The normalized spacial score (nSPS) is 12.6. The molecule has 0 saturated heterocycles. The number of carbonyl (C=O) groups excluding carboxylic acids is 3. The van der Waals surface area contributed by atoms with Crippen LogP contribution in [0.1, 0.15) is 22.5 Å². The van der Waals surface area contributed by atoms with Gasteiger partial charge < -0.3 is 15.6 Å². The van der Waals surface area contributed by atoms with Gasteiger partial charge in [0.15, 0.2) is 0 Å². The van der Waals surface area contributed by atoms with Gasteiger partial charge in [0.05, 0.1) is 11.4 Å². The molecule has 4 aromatic rings. The summed E-state index contributed by atoms with van der Waals surface area (Å²) in [6.07, 6.45) is 0.917. The highest BCUT2D eigenvalue weighted by atomic mass is 16.2. The largest absolute Gasteiger partial charge is 0.358 e. The van der Waals surface area contributed by atoms with Crippen molar-refractivity contribution in [3.63, 3.8) is 0 Å². The Balaban J connectivity index is 1.18. The molecule has 3 amide bonds. The standard InChI is InChI=1S/C28H24N4O3/c33-26(17-15-21-14-16-23(29-21)19-6-2-1-3-7-19)30-22-12-10-20(11-13-22)28(35)32-18-27(34)31-24-8-4-5-9-25(24)32/h1-14,16,29H,15,17-18H2,(H,30,33)(H,31,34). The van der Waals surface area contributed by atoms with Gasteiger partial charge in [-0.3, -0.25) is 19.3 Å². The minimum Gasteiger partial charge on any atom is -0.358 e. The van der Waals surface area contributed by atoms with E-state index in [1.165, 1.54) is 4.90 Å². The number of nitrogens with one attached hydrogen (secondary N) is 3. The van der Waals surface area contributed by atoms with E-state index in [9.17, 15) is 14.4 Å². The Morgan fingerprint density at radius 2 is 1.60 bits per heavy atom. The Kier molecular flexibility index (Phi) is 6.13. The van der Waals surface area contributed by atoms with Crippen LogP contribution >= 0.6 is 0 Å². The van der Waals surface area contributed by atoms with Crippen molar-refractivity contribution >= 4 is 34.8 Å². The van der Waals surface area contributed by atoms with E-state index >= 15 is 0 Å². The number of H-pyrrole nitrogens is 1. The van der Waals surface area contributed by atoms with Crippen molar-refractivity contribution < 1.29 is 14.4 Å². The Morgan fingerprint density at radius 3 is 2.40 bits per heavy atom. The fourth-order valence-electron chi connectivity index (χ4n) is 4.11. The highest BCUT2D eigenvalue weighted by Crippen LogP contribution is 2.30. The lowest BCUT2D eigenvalue weighted by Gasteiger charge is -2.29. The third-order valence-corrected chi connectivity index (χ3v) is 5.88. The van der Waals surface area contributed by atoms with Crippen LogP contribution in [0, 0.1) is 0 Å². The topological polar surface area (TPSA) is 94.3 Å². The third-order valence-electron chi connectivity index (χ3n) is 5.88. The summed E-state index contributed by atoms with van der Waals surface area (Å²) in [4.78, 5) is 42.4. The Bertz CT molecular complexity index is 1380. The van der Waals surface area contributed by atoms with Crippen LogP contribution in [-0.4, -0.2) is 29.3 Å². The highest BCUT2D eigenvalue weighted by molar-refractivity contribution is 6.15. The molecule has 1 aromatic heterocycles. The van der Waals surface area contributed by atoms with Crippen LogP contribution in [0.3, 0.4) is 0 Å². The molecule has 0 radical (unpaired) electrons. The molecule has 2 heterocycles. The van der Waals surface area contributed by atoms with Crippen molar-refractivity contribution in [3.05, 3.63) is 102 Å². The van der Waals surface area contributed by atoms with Crippen LogP contribution in [0.2, 0.25) is 0 Å². The SMILES string of the molecule is O=C(CCc1ccc(-c2ccccc2)[nH]1)Nc1ccc(C(=O)N2CC(=O)Nc3ccccc32)cc1. The molecule has 5 rings (SSSR count). The first-order chi connectivity index (χ1) is 17.1. The summed E-state index contributed by atoms with van der Waals surface area (Å²) in [5.74, 6) is -0.619. The van der Waals surface area contributed by atoms with Crippen LogP contribution in [0.5, 0.6) is 0 Å². The molecule has 1 aliphatic heterocycles. The van der Waals surface area contributed by atoms with E-state index in [1.54, 1.807) is 36.4 Å². The Morgan fingerprint density at radius 1 is 0.857 bits per heavy atom. The van der Waals surface area contributed by atoms with Crippen molar-refractivity contribution in [2.45, 2.75) is 12.8 Å². The lowest BCUT2D eigenvalue weighted by molar-refractivity contribution is -0.116. The number of aromatic nitrogens is 1. The molecule has 174 valence electrons. The number of anilines is 3. The van der Waals surface area contributed by atoms with Gasteiger partial charge in [0.1, 0.15) is 6.54 Å². The molecule has 35 heavy (non-hydrogen) atoms. The lowest BCUT2D eigenvalue weighted by Crippen LogP contribution is -2.42. The summed E-state index contributed by atoms with van der Waals surface area (Å²) in [5, 5.41) is 5.65. The summed E-state index contributed by atoms with van der Waals surface area (Å²) in [5.41, 5.74) is 5.44. The zero-order valence-corrected chi connectivity index (χ0v) is 19.0. The number of para-hydroxylation sites is 2. The van der Waals surface area contributed by atoms with E-state index in [0.29, 0.717) is 35.5 Å². The summed E-state index contributed by atoms with van der Waals surface area (Å²) in [6, 6.07) is 28.0. The first-order valence-electron chi connectivity index (χ1n) is 11.4. The van der Waals surface area contributed by atoms with E-state index in [2.05, 4.69) is 15.6 Å². The van der Waals surface area contributed by atoms with Gasteiger partial charge in [0.2, 0.25) is 11.8 Å². The third kappa shape index (κ3) is 4.99. The summed E-state index contributed by atoms with van der Waals surface area (Å²) >= 11 is 0. The van der Waals surface area contributed by atoms with Gasteiger partial charge in [-0.05, 0) is 60.5 Å². The summed E-state index contributed by atoms with van der Waals surface area (Å²) in [6.45, 7) is -0.0426. The number of carbonyl (C=O) groups is 3. The minimum atomic E-state index is -0.272. The number of amides is 3. The molecule has 1 aliphatic rings. The predicted octanol–water partition coefficient (Wildman–Crippen LogP) is 4.85. The second kappa shape index (κ2) is 9.69. The smallest absolute Gasteiger partial charge is 0.258 e. The van der Waals surface area contributed by atoms with Crippen LogP contribution < -0.4 is 15.5 Å². The number of hydrogen-bond acceptors (Lipinski definition) is 3. The zero-order valence-electron chi connectivity index (χ0n) is 19.0. The number of benzene rings is 3. The fourth-order valence-corrected chi connectivity index (χ4v) is 4.11. The van der Waals surface area contributed by atoms with Crippen molar-refractivity contribution in [3.8, 4) is 11.3 Å². The molecule has 0 aliphatic carbocycles. The molecule has 3 N–H and O–H groups in total. The second-order valence-corrected chi connectivity index (χ2v) is 8.35. The van der Waals surface area contributed by atoms with Gasteiger partial charge in [-0.15, -0.1) is 0 Å². The van der Waals surface area contributed by atoms with Gasteiger partial charge in [-0.1, -0.05) is 42.5 Å². The van der Waals surface area contributed by atoms with Crippen LogP contribution in [0.15, 0.2) is 91.0 Å². The number of nitrogens with zero attached hydrogens (tertiary/aromatic N) is 1. The van der Waals surface area contributed by atoms with E-state index < -0.39 is 0 Å². The molecule has 0 unspecified atom stereocenters. The van der Waals surface area contributed by atoms with E-state index in [1.807, 2.05) is 54.6 Å². The monoisotopic (exact) mass is 464 g/mol. The number of aromatic amines is 1. The molecule has 0 saturated carbocycles. The van der Waals surface area contributed by atoms with Gasteiger partial charge in [-0.2, -0.15) is 0 Å². The number of fused-ring (bicyclic) bond motifs is 1. The van der Waals surface area contributed by atoms with Crippen LogP contribution in [0.25, 0.3) is 11.3 Å². The lowest BCUT2D eigenvalue weighted by atomic mass is 10.1. The maximum absolute atomic E-state index is 13.1. The number of aryl methyl sites for hydroxylation is 1. The van der Waals surface area contributed by atoms with Crippen molar-refractivity contribution in [1.29, 1.82) is 0 Å². The van der Waals surface area contributed by atoms with Crippen molar-refractivity contribution in [1.82, 2.24) is 4.98 Å². The molecular weight excluding hydrogens is 440 g/mol. The van der Waals surface area contributed by atoms with Crippen molar-refractivity contribution in [2.24, 2.45) is 0 Å². The van der Waals surface area contributed by atoms with Gasteiger partial charge >= 0.3 is 0 Å². The molecular formula is C28H24N4O3. The van der Waals surface area contributed by atoms with Gasteiger partial charge in [0, 0.05) is 29.1 Å². The molecule has 3 aromatic carbocycles. The molecule has 0 bridgehead atoms. The Labute approximate surface area is 202 Å². The number of hydrogen-bond donors (Lipinski definition) is 3. The van der Waals surface area contributed by atoms with E-state index in [0.717, 1.165) is 17.0 Å². The second-order valence-electron chi connectivity index (χ2n) is 8.35. The molecule has 0 atom stereocenters. The van der Waals surface area contributed by atoms with E-state index in [4.69, 9.17) is 0 Å². The van der Waals surface area contributed by atoms with Gasteiger partial charge in [0.25, 0.3) is 5.91 Å². The molecule has 7 heteroatoms. The average molecular weight is 465 g/mol. The van der Waals surface area contributed by atoms with Crippen LogP contribution in [0.4, 0.5) is 17.1 Å². The summed E-state index contributed by atoms with van der Waals surface area (Å²) in [7, 11) is 0. The fraction of sp³-hybridized carbons (Fsp3) is 0.107. The first-order valence-corrected chi connectivity index (χ1v) is 11.4. The number of rotatable bonds is 6. The Hall–Kier alpha value is -4.65. The molecule has 7 nitrogen and oxygen atoms in total. The summed E-state index contributed by atoms with van der Waals surface area (Å²) < 4.78 is 0. The van der Waals surface area contributed by atoms with Crippen molar-refractivity contribution in [2.75, 3.05) is 22.1 Å². The van der Waals surface area contributed by atoms with E-state index in [-0.39, 0.29) is 24.3 Å². The zero-order chi connectivity index (χ0) is 24.2. The average Bonchev–Trinajstić information content (AvgIpc) is 3.37. The maximum atomic E-state index is 13.1. The molecule has 0 spiro atoms. The minimum absolute atomic E-state index is 0.0426. The molecule has 0 fully saturated rings. The highest BCUT2D eigenvalue weighted by Gasteiger charge is 2.27. The van der Waals surface area contributed by atoms with Gasteiger partial charge in [-0.25, -0.2) is 0 Å². The maximum Gasteiger partial charge on any atom is 0.258 e. The first kappa shape index (κ1) is 22.2. The predicted molar refractivity (Wildman–Crippen MR) is 136 cm³/mol. The quantitative estimate of drug-likeness (QED) is 0.381. The van der Waals surface area contributed by atoms with Crippen LogP contribution in [-0.2, 0) is 16.0 Å².